The predicted octanol–water partition coefficient (Wildman–Crippen LogP) is 3.47. The van der Waals surface area contributed by atoms with E-state index in [1.54, 1.807) is 0 Å². The van der Waals surface area contributed by atoms with E-state index in [0.29, 0.717) is 23.4 Å². The summed E-state index contributed by atoms with van der Waals surface area (Å²) >= 11 is 0. The quantitative estimate of drug-likeness (QED) is 0.720. The average Bonchev–Trinajstić information content (AvgIpc) is 2.68. The zero-order chi connectivity index (χ0) is 11.6. The molecule has 0 heterocycles. The van der Waals surface area contributed by atoms with Gasteiger partial charge in [0.1, 0.15) is 0 Å². The Labute approximate surface area is 99.6 Å². The van der Waals surface area contributed by atoms with Gasteiger partial charge < -0.3 is 5.11 Å². The molecule has 1 nitrogen and oxygen atoms in total. The van der Waals surface area contributed by atoms with E-state index in [-0.39, 0.29) is 0 Å². The van der Waals surface area contributed by atoms with E-state index in [1.807, 2.05) is 0 Å². The molecule has 3 fully saturated rings. The minimum Gasteiger partial charge on any atom is -0.396 e. The smallest absolute Gasteiger partial charge is 0.0467 e. The van der Waals surface area contributed by atoms with Crippen LogP contribution >= 0.6 is 0 Å². The molecular weight excluding hydrogens is 196 g/mol. The first kappa shape index (κ1) is 11.1. The zero-order valence-electron chi connectivity index (χ0n) is 11.0. The highest BCUT2D eigenvalue weighted by Gasteiger charge is 2.64. The maximum atomic E-state index is 9.76. The molecule has 0 spiro atoms. The van der Waals surface area contributed by atoms with Crippen molar-refractivity contribution in [3.63, 3.8) is 0 Å². The molecule has 1 N–H and O–H groups in total. The molecule has 1 heteroatoms. The highest BCUT2D eigenvalue weighted by molar-refractivity contribution is 5.12. The first-order chi connectivity index (χ1) is 7.50. The second-order valence-electron chi connectivity index (χ2n) is 7.51. The van der Waals surface area contributed by atoms with Crippen molar-refractivity contribution in [3.8, 4) is 0 Å². The SMILES string of the molecule is CC1(C)CCCC2(C)C(CO)C3CCC2C31. The maximum absolute atomic E-state index is 9.76. The number of aliphatic hydroxyl groups is 1. The van der Waals surface area contributed by atoms with Crippen LogP contribution < -0.4 is 0 Å². The fourth-order valence-electron chi connectivity index (χ4n) is 5.92. The summed E-state index contributed by atoms with van der Waals surface area (Å²) in [6.45, 7) is 7.87. The van der Waals surface area contributed by atoms with Crippen LogP contribution in [-0.2, 0) is 0 Å². The molecule has 3 aliphatic carbocycles. The summed E-state index contributed by atoms with van der Waals surface area (Å²) in [7, 11) is 0. The highest BCUT2D eigenvalue weighted by Crippen LogP contribution is 2.70. The maximum Gasteiger partial charge on any atom is 0.0467 e. The lowest BCUT2D eigenvalue weighted by Gasteiger charge is -2.40. The van der Waals surface area contributed by atoms with Crippen molar-refractivity contribution in [3.05, 3.63) is 0 Å². The van der Waals surface area contributed by atoms with Crippen LogP contribution in [0, 0.1) is 34.5 Å². The molecule has 92 valence electrons. The van der Waals surface area contributed by atoms with Gasteiger partial charge in [-0.1, -0.05) is 27.2 Å². The molecular formula is C15H26O. The molecule has 3 rings (SSSR count). The van der Waals surface area contributed by atoms with E-state index >= 15 is 0 Å². The van der Waals surface area contributed by atoms with Crippen molar-refractivity contribution in [1.29, 1.82) is 0 Å². The fourth-order valence-corrected chi connectivity index (χ4v) is 5.92. The van der Waals surface area contributed by atoms with Crippen LogP contribution in [0.2, 0.25) is 0 Å². The minimum atomic E-state index is 0.435. The molecule has 0 aliphatic heterocycles. The number of hydrogen-bond acceptors (Lipinski definition) is 1. The molecule has 5 unspecified atom stereocenters. The second kappa shape index (κ2) is 3.25. The molecule has 0 amide bonds. The first-order valence-electron chi connectivity index (χ1n) is 7.11. The third-order valence-electron chi connectivity index (χ3n) is 6.55. The number of hydrogen-bond donors (Lipinski definition) is 1. The number of aliphatic hydroxyl groups excluding tert-OH is 1. The molecule has 0 saturated heterocycles. The van der Waals surface area contributed by atoms with Crippen LogP contribution in [-0.4, -0.2) is 11.7 Å². The van der Waals surface area contributed by atoms with E-state index < -0.39 is 0 Å². The summed E-state index contributed by atoms with van der Waals surface area (Å²) in [5, 5.41) is 9.76. The van der Waals surface area contributed by atoms with E-state index in [2.05, 4.69) is 20.8 Å². The predicted molar refractivity (Wildman–Crippen MR) is 66.0 cm³/mol. The van der Waals surface area contributed by atoms with Gasteiger partial charge in [-0.2, -0.15) is 0 Å². The zero-order valence-corrected chi connectivity index (χ0v) is 11.0. The van der Waals surface area contributed by atoms with Gasteiger partial charge in [-0.25, -0.2) is 0 Å². The van der Waals surface area contributed by atoms with Crippen molar-refractivity contribution >= 4 is 0 Å². The van der Waals surface area contributed by atoms with E-state index in [1.165, 1.54) is 32.1 Å². The molecule has 0 aromatic heterocycles. The summed E-state index contributed by atoms with van der Waals surface area (Å²) in [4.78, 5) is 0. The summed E-state index contributed by atoms with van der Waals surface area (Å²) in [6.07, 6.45) is 6.96. The molecule has 4 bridgehead atoms. The third-order valence-corrected chi connectivity index (χ3v) is 6.55. The molecule has 3 saturated carbocycles. The van der Waals surface area contributed by atoms with Crippen molar-refractivity contribution in [2.24, 2.45) is 34.5 Å². The third kappa shape index (κ3) is 1.16. The Kier molecular flexibility index (Phi) is 2.25. The Morgan fingerprint density at radius 1 is 1.12 bits per heavy atom. The normalized spacial score (nSPS) is 54.0. The van der Waals surface area contributed by atoms with Gasteiger partial charge in [0.15, 0.2) is 0 Å². The van der Waals surface area contributed by atoms with Crippen LogP contribution in [0.5, 0.6) is 0 Å². The van der Waals surface area contributed by atoms with Gasteiger partial charge in [0.2, 0.25) is 0 Å². The van der Waals surface area contributed by atoms with Crippen LogP contribution in [0.25, 0.3) is 0 Å². The lowest BCUT2D eigenvalue weighted by Crippen LogP contribution is -2.35. The Morgan fingerprint density at radius 2 is 1.88 bits per heavy atom. The van der Waals surface area contributed by atoms with Crippen LogP contribution in [0.15, 0.2) is 0 Å². The summed E-state index contributed by atoms with van der Waals surface area (Å²) in [6, 6.07) is 0. The van der Waals surface area contributed by atoms with Gasteiger partial charge in [0.05, 0.1) is 0 Å². The summed E-state index contributed by atoms with van der Waals surface area (Å²) < 4.78 is 0. The van der Waals surface area contributed by atoms with Gasteiger partial charge in [0, 0.05) is 6.61 Å². The second-order valence-corrected chi connectivity index (χ2v) is 7.51. The summed E-state index contributed by atoms with van der Waals surface area (Å²) in [5.74, 6) is 3.25. The molecule has 0 aromatic rings. The molecule has 3 aliphatic rings. The van der Waals surface area contributed by atoms with Crippen molar-refractivity contribution in [2.45, 2.75) is 52.9 Å². The van der Waals surface area contributed by atoms with E-state index in [9.17, 15) is 5.11 Å². The molecule has 16 heavy (non-hydrogen) atoms. The molecule has 0 radical (unpaired) electrons. The Hall–Kier alpha value is -0.0400. The lowest BCUT2D eigenvalue weighted by molar-refractivity contribution is 0.0374. The molecule has 5 atom stereocenters. The Morgan fingerprint density at radius 3 is 2.56 bits per heavy atom. The van der Waals surface area contributed by atoms with Crippen LogP contribution in [0.4, 0.5) is 0 Å². The monoisotopic (exact) mass is 222 g/mol. The highest BCUT2D eigenvalue weighted by atomic mass is 16.3. The van der Waals surface area contributed by atoms with Crippen molar-refractivity contribution < 1.29 is 5.11 Å². The number of rotatable bonds is 1. The lowest BCUT2D eigenvalue weighted by atomic mass is 9.65. The minimum absolute atomic E-state index is 0.435. The van der Waals surface area contributed by atoms with E-state index in [0.717, 1.165) is 17.8 Å². The van der Waals surface area contributed by atoms with Crippen molar-refractivity contribution in [2.75, 3.05) is 6.61 Å². The first-order valence-corrected chi connectivity index (χ1v) is 7.11. The Bertz CT molecular complexity index is 296. The van der Waals surface area contributed by atoms with Crippen LogP contribution in [0.3, 0.4) is 0 Å². The summed E-state index contributed by atoms with van der Waals surface area (Å²) in [5.41, 5.74) is 0.990. The van der Waals surface area contributed by atoms with Gasteiger partial charge in [0.25, 0.3) is 0 Å². The fraction of sp³-hybridized carbons (Fsp3) is 1.00. The molecule has 0 aromatic carbocycles. The van der Waals surface area contributed by atoms with Crippen LogP contribution in [0.1, 0.15) is 52.9 Å². The largest absolute Gasteiger partial charge is 0.396 e. The Balaban J connectivity index is 2.04. The average molecular weight is 222 g/mol. The van der Waals surface area contributed by atoms with Gasteiger partial charge in [-0.3, -0.25) is 0 Å². The van der Waals surface area contributed by atoms with E-state index in [4.69, 9.17) is 0 Å². The van der Waals surface area contributed by atoms with Crippen molar-refractivity contribution in [1.82, 2.24) is 0 Å². The van der Waals surface area contributed by atoms with Gasteiger partial charge in [-0.05, 0) is 60.2 Å². The van der Waals surface area contributed by atoms with Gasteiger partial charge >= 0.3 is 0 Å². The van der Waals surface area contributed by atoms with Gasteiger partial charge in [-0.15, -0.1) is 0 Å². The topological polar surface area (TPSA) is 20.2 Å². The standard InChI is InChI=1S/C15H26O/c1-14(2)7-4-8-15(3)11-6-5-10(13(11)14)12(15)9-16/h10-13,16H,4-9H2,1-3H3.